The molecule has 3 rings (SSSR count). The number of benzene rings is 2. The second kappa shape index (κ2) is 6.79. The summed E-state index contributed by atoms with van der Waals surface area (Å²) in [4.78, 5) is 12.2. The molecule has 2 aromatic rings. The van der Waals surface area contributed by atoms with Crippen LogP contribution in [0.1, 0.15) is 6.92 Å². The lowest BCUT2D eigenvalue weighted by atomic mass is 10.2. The number of amides is 1. The Bertz CT molecular complexity index is 719. The Morgan fingerprint density at radius 3 is 2.70 bits per heavy atom. The molecule has 0 unspecified atom stereocenters. The van der Waals surface area contributed by atoms with Gasteiger partial charge in [0, 0.05) is 6.07 Å². The zero-order valence-corrected chi connectivity index (χ0v) is 13.3. The van der Waals surface area contributed by atoms with Crippen LogP contribution in [0.2, 0.25) is 5.02 Å². The van der Waals surface area contributed by atoms with Crippen molar-refractivity contribution in [3.8, 4) is 17.2 Å². The van der Waals surface area contributed by atoms with Crippen molar-refractivity contribution in [2.75, 3.05) is 18.5 Å². The van der Waals surface area contributed by atoms with Gasteiger partial charge in [0.25, 0.3) is 5.91 Å². The summed E-state index contributed by atoms with van der Waals surface area (Å²) < 4.78 is 16.6. The monoisotopic (exact) mass is 333 g/mol. The highest BCUT2D eigenvalue weighted by Gasteiger charge is 2.18. The third-order valence-electron chi connectivity index (χ3n) is 3.33. The number of rotatable bonds is 4. The standard InChI is InChI=1S/C17H16ClNO4/c1-11(17(20)19-14-5-3-2-4-13(14)18)23-12-6-7-15-16(10-12)22-9-8-21-15/h2-7,10-11H,8-9H2,1H3,(H,19,20)/t11-/m0/s1. The topological polar surface area (TPSA) is 56.8 Å². The van der Waals surface area contributed by atoms with Crippen LogP contribution in [-0.4, -0.2) is 25.2 Å². The predicted octanol–water partition coefficient (Wildman–Crippen LogP) is 3.52. The van der Waals surface area contributed by atoms with E-state index in [9.17, 15) is 4.79 Å². The van der Waals surface area contributed by atoms with Crippen molar-refractivity contribution >= 4 is 23.2 Å². The Labute approximate surface area is 139 Å². The first kappa shape index (κ1) is 15.5. The maximum atomic E-state index is 12.2. The molecule has 1 aliphatic rings. The molecule has 0 aromatic heterocycles. The minimum atomic E-state index is -0.686. The largest absolute Gasteiger partial charge is 0.486 e. The Hall–Kier alpha value is -2.40. The van der Waals surface area contributed by atoms with Gasteiger partial charge in [-0.1, -0.05) is 23.7 Å². The lowest BCUT2D eigenvalue weighted by molar-refractivity contribution is -0.122. The van der Waals surface area contributed by atoms with Crippen LogP contribution >= 0.6 is 11.6 Å². The summed E-state index contributed by atoms with van der Waals surface area (Å²) in [7, 11) is 0. The van der Waals surface area contributed by atoms with E-state index >= 15 is 0 Å². The first-order chi connectivity index (χ1) is 11.1. The Balaban J connectivity index is 1.65. The second-order valence-electron chi connectivity index (χ2n) is 5.03. The molecular weight excluding hydrogens is 318 g/mol. The number of hydrogen-bond donors (Lipinski definition) is 1. The van der Waals surface area contributed by atoms with Crippen molar-refractivity contribution in [2.24, 2.45) is 0 Å². The minimum absolute atomic E-state index is 0.284. The number of hydrogen-bond acceptors (Lipinski definition) is 4. The van der Waals surface area contributed by atoms with Gasteiger partial charge in [0.15, 0.2) is 17.6 Å². The SMILES string of the molecule is C[C@H](Oc1ccc2c(c1)OCCO2)C(=O)Nc1ccccc1Cl. The van der Waals surface area contributed by atoms with E-state index in [1.165, 1.54) is 0 Å². The van der Waals surface area contributed by atoms with E-state index in [0.29, 0.717) is 41.2 Å². The summed E-state index contributed by atoms with van der Waals surface area (Å²) >= 11 is 6.03. The van der Waals surface area contributed by atoms with Crippen molar-refractivity contribution in [3.05, 3.63) is 47.5 Å². The van der Waals surface area contributed by atoms with Crippen LogP contribution in [0.25, 0.3) is 0 Å². The maximum Gasteiger partial charge on any atom is 0.265 e. The van der Waals surface area contributed by atoms with Gasteiger partial charge in [0.2, 0.25) is 0 Å². The number of ether oxygens (including phenoxy) is 3. The van der Waals surface area contributed by atoms with Gasteiger partial charge in [-0.15, -0.1) is 0 Å². The highest BCUT2D eigenvalue weighted by molar-refractivity contribution is 6.33. The van der Waals surface area contributed by atoms with Crippen molar-refractivity contribution < 1.29 is 19.0 Å². The average Bonchev–Trinajstić information content (AvgIpc) is 2.56. The van der Waals surface area contributed by atoms with Gasteiger partial charge in [0.05, 0.1) is 10.7 Å². The molecular formula is C17H16ClNO4. The van der Waals surface area contributed by atoms with Crippen molar-refractivity contribution in [1.82, 2.24) is 0 Å². The fraction of sp³-hybridized carbons (Fsp3) is 0.235. The van der Waals surface area contributed by atoms with E-state index in [2.05, 4.69) is 5.32 Å². The fourth-order valence-corrected chi connectivity index (χ4v) is 2.33. The fourth-order valence-electron chi connectivity index (χ4n) is 2.15. The molecule has 1 amide bonds. The number of halogens is 1. The predicted molar refractivity (Wildman–Crippen MR) is 87.6 cm³/mol. The van der Waals surface area contributed by atoms with Crippen LogP contribution in [0.5, 0.6) is 17.2 Å². The van der Waals surface area contributed by atoms with Gasteiger partial charge >= 0.3 is 0 Å². The van der Waals surface area contributed by atoms with Gasteiger partial charge < -0.3 is 19.5 Å². The van der Waals surface area contributed by atoms with Crippen LogP contribution in [0.15, 0.2) is 42.5 Å². The van der Waals surface area contributed by atoms with Gasteiger partial charge in [-0.3, -0.25) is 4.79 Å². The summed E-state index contributed by atoms with van der Waals surface area (Å²) in [5.74, 6) is 1.55. The van der Waals surface area contributed by atoms with E-state index in [4.69, 9.17) is 25.8 Å². The highest BCUT2D eigenvalue weighted by Crippen LogP contribution is 2.34. The normalized spacial score (nSPS) is 14.0. The first-order valence-corrected chi connectivity index (χ1v) is 7.63. The molecule has 120 valence electrons. The number of para-hydroxylation sites is 1. The summed E-state index contributed by atoms with van der Waals surface area (Å²) in [6.07, 6.45) is -0.686. The number of carbonyl (C=O) groups excluding carboxylic acids is 1. The van der Waals surface area contributed by atoms with Crippen molar-refractivity contribution in [3.63, 3.8) is 0 Å². The zero-order valence-electron chi connectivity index (χ0n) is 12.5. The Morgan fingerprint density at radius 1 is 1.17 bits per heavy atom. The molecule has 0 spiro atoms. The lowest BCUT2D eigenvalue weighted by Crippen LogP contribution is -2.30. The molecule has 0 radical (unpaired) electrons. The molecule has 6 heteroatoms. The third kappa shape index (κ3) is 3.68. The van der Waals surface area contributed by atoms with Crippen molar-refractivity contribution in [2.45, 2.75) is 13.0 Å². The van der Waals surface area contributed by atoms with Gasteiger partial charge in [-0.2, -0.15) is 0 Å². The summed E-state index contributed by atoms with van der Waals surface area (Å²) in [6, 6.07) is 12.3. The molecule has 0 saturated heterocycles. The number of carbonyl (C=O) groups is 1. The second-order valence-corrected chi connectivity index (χ2v) is 5.44. The van der Waals surface area contributed by atoms with E-state index in [0.717, 1.165) is 0 Å². The van der Waals surface area contributed by atoms with E-state index in [1.807, 2.05) is 0 Å². The van der Waals surface area contributed by atoms with Crippen LogP contribution in [0.3, 0.4) is 0 Å². The molecule has 2 aromatic carbocycles. The first-order valence-electron chi connectivity index (χ1n) is 7.25. The smallest absolute Gasteiger partial charge is 0.265 e. The number of fused-ring (bicyclic) bond motifs is 1. The van der Waals surface area contributed by atoms with Crippen LogP contribution in [-0.2, 0) is 4.79 Å². The zero-order chi connectivity index (χ0) is 16.2. The molecule has 0 fully saturated rings. The maximum absolute atomic E-state index is 12.2. The van der Waals surface area contributed by atoms with Gasteiger partial charge in [-0.25, -0.2) is 0 Å². The lowest BCUT2D eigenvalue weighted by Gasteiger charge is -2.20. The van der Waals surface area contributed by atoms with Crippen LogP contribution < -0.4 is 19.5 Å². The molecule has 0 aliphatic carbocycles. The average molecular weight is 334 g/mol. The third-order valence-corrected chi connectivity index (χ3v) is 3.66. The minimum Gasteiger partial charge on any atom is -0.486 e. The Kier molecular flexibility index (Phi) is 4.57. The van der Waals surface area contributed by atoms with Crippen LogP contribution in [0.4, 0.5) is 5.69 Å². The van der Waals surface area contributed by atoms with Crippen molar-refractivity contribution in [1.29, 1.82) is 0 Å². The Morgan fingerprint density at radius 2 is 1.91 bits per heavy atom. The molecule has 23 heavy (non-hydrogen) atoms. The van der Waals surface area contributed by atoms with E-state index in [-0.39, 0.29) is 5.91 Å². The molecule has 0 saturated carbocycles. The molecule has 1 N–H and O–H groups in total. The summed E-state index contributed by atoms with van der Waals surface area (Å²) in [5.41, 5.74) is 0.553. The molecule has 5 nitrogen and oxygen atoms in total. The van der Waals surface area contributed by atoms with E-state index < -0.39 is 6.10 Å². The van der Waals surface area contributed by atoms with Gasteiger partial charge in [-0.05, 0) is 31.2 Å². The molecule has 0 bridgehead atoms. The molecule has 1 atom stereocenters. The van der Waals surface area contributed by atoms with Gasteiger partial charge in [0.1, 0.15) is 19.0 Å². The highest BCUT2D eigenvalue weighted by atomic mass is 35.5. The summed E-state index contributed by atoms with van der Waals surface area (Å²) in [5, 5.41) is 3.22. The summed E-state index contributed by atoms with van der Waals surface area (Å²) in [6.45, 7) is 2.70. The molecule has 1 aliphatic heterocycles. The van der Waals surface area contributed by atoms with Crippen LogP contribution in [0, 0.1) is 0 Å². The quantitative estimate of drug-likeness (QED) is 0.930. The molecule has 1 heterocycles. The number of nitrogens with one attached hydrogen (secondary N) is 1. The van der Waals surface area contributed by atoms with E-state index in [1.54, 1.807) is 49.4 Å². The number of anilines is 1.